The van der Waals surface area contributed by atoms with Gasteiger partial charge in [0.25, 0.3) is 0 Å². The monoisotopic (exact) mass is 443 g/mol. The highest BCUT2D eigenvalue weighted by molar-refractivity contribution is 7.89. The predicted molar refractivity (Wildman–Crippen MR) is 119 cm³/mol. The van der Waals surface area contributed by atoms with Crippen molar-refractivity contribution in [1.29, 1.82) is 0 Å². The summed E-state index contributed by atoms with van der Waals surface area (Å²) in [7, 11) is -2.23. The zero-order valence-electron chi connectivity index (χ0n) is 18.3. The van der Waals surface area contributed by atoms with E-state index in [4.69, 9.17) is 4.74 Å². The number of aromatic nitrogens is 2. The van der Waals surface area contributed by atoms with Gasteiger partial charge in [0.2, 0.25) is 10.0 Å². The zero-order valence-corrected chi connectivity index (χ0v) is 19.1. The fraction of sp³-hybridized carbons (Fsp3) is 0.348. The number of hydrogen-bond acceptors (Lipinski definition) is 5. The number of aliphatic hydroxyl groups is 1. The molecule has 7 nitrogen and oxygen atoms in total. The van der Waals surface area contributed by atoms with E-state index in [0.717, 1.165) is 16.7 Å². The molecule has 3 aromatic rings. The van der Waals surface area contributed by atoms with E-state index in [1.807, 2.05) is 55.5 Å². The van der Waals surface area contributed by atoms with Crippen molar-refractivity contribution in [1.82, 2.24) is 14.1 Å². The number of aryl methyl sites for hydroxylation is 1. The van der Waals surface area contributed by atoms with E-state index < -0.39 is 15.6 Å². The third-order valence-corrected chi connectivity index (χ3v) is 6.54. The van der Waals surface area contributed by atoms with Crippen LogP contribution in [0.3, 0.4) is 0 Å². The number of hydrogen-bond donors (Lipinski definition) is 1. The molecule has 31 heavy (non-hydrogen) atoms. The third kappa shape index (κ3) is 6.16. The second-order valence-electron chi connectivity index (χ2n) is 8.29. The van der Waals surface area contributed by atoms with Crippen LogP contribution in [0.15, 0.2) is 65.8 Å². The molecule has 0 aliphatic rings. The van der Waals surface area contributed by atoms with Gasteiger partial charge in [-0.3, -0.25) is 4.68 Å². The Labute approximate surface area is 184 Å². The fourth-order valence-corrected chi connectivity index (χ4v) is 4.54. The van der Waals surface area contributed by atoms with Crippen molar-refractivity contribution in [3.8, 4) is 5.75 Å². The van der Waals surface area contributed by atoms with Crippen molar-refractivity contribution in [3.63, 3.8) is 0 Å². The van der Waals surface area contributed by atoms with Gasteiger partial charge in [0.1, 0.15) is 10.6 Å². The highest BCUT2D eigenvalue weighted by Crippen LogP contribution is 2.23. The summed E-state index contributed by atoms with van der Waals surface area (Å²) in [5.74, 6) is 0.713. The van der Waals surface area contributed by atoms with E-state index in [1.165, 1.54) is 21.4 Å². The second kappa shape index (κ2) is 9.21. The maximum atomic E-state index is 13.5. The number of benzene rings is 2. The van der Waals surface area contributed by atoms with Crippen LogP contribution < -0.4 is 4.74 Å². The predicted octanol–water partition coefficient (Wildman–Crippen LogP) is 3.36. The van der Waals surface area contributed by atoms with Crippen molar-refractivity contribution in [3.05, 3.63) is 77.6 Å². The van der Waals surface area contributed by atoms with Gasteiger partial charge in [-0.1, -0.05) is 42.0 Å². The Morgan fingerprint density at radius 1 is 1.03 bits per heavy atom. The van der Waals surface area contributed by atoms with Gasteiger partial charge in [0.05, 0.1) is 25.5 Å². The minimum atomic E-state index is -3.82. The first-order valence-electron chi connectivity index (χ1n) is 10.0. The summed E-state index contributed by atoms with van der Waals surface area (Å²) < 4.78 is 35.1. The number of nitrogens with zero attached hydrogens (tertiary/aromatic N) is 3. The molecule has 0 atom stereocenters. The highest BCUT2D eigenvalue weighted by Gasteiger charge is 2.27. The lowest BCUT2D eigenvalue weighted by Gasteiger charge is -2.22. The summed E-state index contributed by atoms with van der Waals surface area (Å²) in [6.07, 6.45) is 2.79. The normalized spacial score (nSPS) is 12.3. The summed E-state index contributed by atoms with van der Waals surface area (Å²) in [6.45, 7) is 5.92. The molecule has 2 aromatic carbocycles. The van der Waals surface area contributed by atoms with Crippen LogP contribution in [0.1, 0.15) is 30.5 Å². The molecule has 0 radical (unpaired) electrons. The Balaban J connectivity index is 1.92. The summed E-state index contributed by atoms with van der Waals surface area (Å²) in [5, 5.41) is 14.1. The van der Waals surface area contributed by atoms with Gasteiger partial charge >= 0.3 is 0 Å². The van der Waals surface area contributed by atoms with E-state index in [2.05, 4.69) is 5.10 Å². The van der Waals surface area contributed by atoms with Crippen LogP contribution in [-0.2, 0) is 29.7 Å². The summed E-state index contributed by atoms with van der Waals surface area (Å²) in [5.41, 5.74) is 1.85. The Morgan fingerprint density at radius 3 is 2.10 bits per heavy atom. The van der Waals surface area contributed by atoms with Gasteiger partial charge in [-0.2, -0.15) is 9.40 Å². The van der Waals surface area contributed by atoms with Gasteiger partial charge in [-0.25, -0.2) is 8.42 Å². The SMILES string of the molecule is COc1ccc(CN(Cc2ccc(C)cc2)S(=O)(=O)c2cnn(CC(C)(C)O)c2)cc1. The Kier molecular flexibility index (Phi) is 6.83. The average Bonchev–Trinajstić information content (AvgIpc) is 3.17. The number of rotatable bonds is 9. The minimum Gasteiger partial charge on any atom is -0.497 e. The van der Waals surface area contributed by atoms with Crippen LogP contribution in [0.25, 0.3) is 0 Å². The summed E-state index contributed by atoms with van der Waals surface area (Å²) in [4.78, 5) is 0.0948. The standard InChI is InChI=1S/C23H29N3O4S/c1-18-5-7-19(8-6-18)14-26(15-20-9-11-21(30-4)12-10-20)31(28,29)22-13-24-25(16-22)17-23(2,3)27/h5-13,16,27H,14-15,17H2,1-4H3. The molecule has 0 aliphatic heterocycles. The van der Waals surface area contributed by atoms with Gasteiger partial charge in [0.15, 0.2) is 0 Å². The lowest BCUT2D eigenvalue weighted by molar-refractivity contribution is 0.0576. The van der Waals surface area contributed by atoms with E-state index in [1.54, 1.807) is 21.0 Å². The lowest BCUT2D eigenvalue weighted by Crippen LogP contribution is -2.30. The molecule has 3 rings (SSSR count). The molecule has 0 aliphatic carbocycles. The first-order valence-corrected chi connectivity index (χ1v) is 11.4. The third-order valence-electron chi connectivity index (χ3n) is 4.79. The molecule has 166 valence electrons. The largest absolute Gasteiger partial charge is 0.497 e. The Hall–Kier alpha value is -2.68. The first kappa shape index (κ1) is 23.0. The number of ether oxygens (including phenoxy) is 1. The molecule has 0 amide bonds. The quantitative estimate of drug-likeness (QED) is 0.548. The molecule has 0 saturated heterocycles. The molecular weight excluding hydrogens is 414 g/mol. The van der Waals surface area contributed by atoms with Gasteiger partial charge in [0, 0.05) is 19.3 Å². The molecule has 1 heterocycles. The van der Waals surface area contributed by atoms with Gasteiger partial charge < -0.3 is 9.84 Å². The summed E-state index contributed by atoms with van der Waals surface area (Å²) >= 11 is 0. The number of methoxy groups -OCH3 is 1. The van der Waals surface area contributed by atoms with E-state index >= 15 is 0 Å². The van der Waals surface area contributed by atoms with Crippen molar-refractivity contribution in [2.45, 2.75) is 50.9 Å². The lowest BCUT2D eigenvalue weighted by atomic mass is 10.1. The van der Waals surface area contributed by atoms with Crippen molar-refractivity contribution < 1.29 is 18.3 Å². The van der Waals surface area contributed by atoms with Gasteiger partial charge in [-0.15, -0.1) is 0 Å². The van der Waals surface area contributed by atoms with Gasteiger partial charge in [-0.05, 0) is 44.0 Å². The molecular formula is C23H29N3O4S. The van der Waals surface area contributed by atoms with Crippen LogP contribution in [0, 0.1) is 6.92 Å². The van der Waals surface area contributed by atoms with Crippen LogP contribution in [0.2, 0.25) is 0 Å². The van der Waals surface area contributed by atoms with Crippen LogP contribution in [-0.4, -0.2) is 40.3 Å². The second-order valence-corrected chi connectivity index (χ2v) is 10.2. The van der Waals surface area contributed by atoms with Crippen LogP contribution in [0.4, 0.5) is 0 Å². The van der Waals surface area contributed by atoms with Crippen LogP contribution >= 0.6 is 0 Å². The van der Waals surface area contributed by atoms with Crippen molar-refractivity contribution >= 4 is 10.0 Å². The van der Waals surface area contributed by atoms with Crippen molar-refractivity contribution in [2.75, 3.05) is 7.11 Å². The highest BCUT2D eigenvalue weighted by atomic mass is 32.2. The maximum absolute atomic E-state index is 13.5. The molecule has 0 bridgehead atoms. The molecule has 8 heteroatoms. The topological polar surface area (TPSA) is 84.7 Å². The van der Waals surface area contributed by atoms with E-state index in [0.29, 0.717) is 5.75 Å². The molecule has 0 unspecified atom stereocenters. The minimum absolute atomic E-state index is 0.0948. The molecule has 1 aromatic heterocycles. The maximum Gasteiger partial charge on any atom is 0.246 e. The Morgan fingerprint density at radius 2 is 1.58 bits per heavy atom. The average molecular weight is 444 g/mol. The molecule has 0 saturated carbocycles. The molecule has 0 fully saturated rings. The smallest absolute Gasteiger partial charge is 0.246 e. The van der Waals surface area contributed by atoms with Crippen LogP contribution in [0.5, 0.6) is 5.75 Å². The molecule has 0 spiro atoms. The first-order chi connectivity index (χ1) is 14.6. The zero-order chi connectivity index (χ0) is 22.6. The van der Waals surface area contributed by atoms with Crippen molar-refractivity contribution in [2.24, 2.45) is 0 Å². The van der Waals surface area contributed by atoms with E-state index in [-0.39, 0.29) is 24.5 Å². The Bertz CT molecular complexity index is 1100. The molecule has 1 N–H and O–H groups in total. The van der Waals surface area contributed by atoms with E-state index in [9.17, 15) is 13.5 Å². The number of sulfonamides is 1. The fourth-order valence-electron chi connectivity index (χ4n) is 3.17. The summed E-state index contributed by atoms with van der Waals surface area (Å²) in [6, 6.07) is 15.1.